The number of aromatic nitrogens is 1. The number of H-pyrrole nitrogens is 1. The number of aryl methyl sites for hydroxylation is 1. The van der Waals surface area contributed by atoms with Gasteiger partial charge in [-0.2, -0.15) is 0 Å². The molecule has 1 aliphatic heterocycles. The normalized spacial score (nSPS) is 14.8. The molecule has 0 spiro atoms. The van der Waals surface area contributed by atoms with Gasteiger partial charge in [0.05, 0.1) is 19.1 Å². The molecule has 0 radical (unpaired) electrons. The third-order valence-corrected chi connectivity index (χ3v) is 4.73. The Morgan fingerprint density at radius 2 is 1.88 bits per heavy atom. The summed E-state index contributed by atoms with van der Waals surface area (Å²) < 4.78 is 5.35. The van der Waals surface area contributed by atoms with E-state index in [9.17, 15) is 9.59 Å². The van der Waals surface area contributed by atoms with Gasteiger partial charge in [-0.3, -0.25) is 9.59 Å². The van der Waals surface area contributed by atoms with Crippen LogP contribution in [0.2, 0.25) is 0 Å². The maximum absolute atomic E-state index is 13.0. The number of nitrogens with zero attached hydrogens (tertiary/aromatic N) is 2. The van der Waals surface area contributed by atoms with Gasteiger partial charge in [0.15, 0.2) is 0 Å². The zero-order chi connectivity index (χ0) is 18.5. The van der Waals surface area contributed by atoms with Crippen molar-refractivity contribution in [3.8, 4) is 5.75 Å². The van der Waals surface area contributed by atoms with Crippen molar-refractivity contribution < 1.29 is 14.3 Å². The van der Waals surface area contributed by atoms with Gasteiger partial charge in [-0.25, -0.2) is 0 Å². The fourth-order valence-electron chi connectivity index (χ4n) is 3.28. The van der Waals surface area contributed by atoms with Gasteiger partial charge in [0.25, 0.3) is 5.91 Å². The van der Waals surface area contributed by atoms with Crippen LogP contribution in [0.3, 0.4) is 0 Å². The molecule has 1 saturated heterocycles. The van der Waals surface area contributed by atoms with Crippen molar-refractivity contribution >= 4 is 11.8 Å². The summed E-state index contributed by atoms with van der Waals surface area (Å²) in [6.45, 7) is 4.36. The zero-order valence-corrected chi connectivity index (χ0v) is 15.3. The molecule has 0 unspecified atom stereocenters. The van der Waals surface area contributed by atoms with Gasteiger partial charge in [-0.05, 0) is 37.6 Å². The zero-order valence-electron chi connectivity index (χ0n) is 15.3. The number of carbonyl (C=O) groups excluding carboxylic acids is 2. The molecule has 0 bridgehead atoms. The minimum absolute atomic E-state index is 0.0378. The van der Waals surface area contributed by atoms with Crippen LogP contribution in [-0.4, -0.2) is 59.9 Å². The summed E-state index contributed by atoms with van der Waals surface area (Å²) in [6.07, 6.45) is 2.96. The molecular formula is C20H25N3O3. The summed E-state index contributed by atoms with van der Waals surface area (Å²) in [6, 6.07) is 9.42. The summed E-state index contributed by atoms with van der Waals surface area (Å²) in [7, 11) is 1.57. The Morgan fingerprint density at radius 3 is 2.62 bits per heavy atom. The molecular weight excluding hydrogens is 330 g/mol. The van der Waals surface area contributed by atoms with Gasteiger partial charge < -0.3 is 19.5 Å². The average Bonchev–Trinajstić information content (AvgIpc) is 3.02. The molecule has 6 heteroatoms. The van der Waals surface area contributed by atoms with E-state index in [-0.39, 0.29) is 11.8 Å². The van der Waals surface area contributed by atoms with Crippen molar-refractivity contribution in [1.82, 2.24) is 14.8 Å². The Bertz CT molecular complexity index is 771. The lowest BCUT2D eigenvalue weighted by Gasteiger charge is -2.23. The monoisotopic (exact) mass is 355 g/mol. The van der Waals surface area contributed by atoms with Crippen molar-refractivity contribution in [3.05, 3.63) is 53.3 Å². The molecule has 2 aromatic rings. The molecule has 6 nitrogen and oxygen atoms in total. The maximum atomic E-state index is 13.0. The highest BCUT2D eigenvalue weighted by Crippen LogP contribution is 2.22. The largest absolute Gasteiger partial charge is 0.496 e. The lowest BCUT2D eigenvalue weighted by Crippen LogP contribution is -2.38. The Kier molecular flexibility index (Phi) is 5.61. The van der Waals surface area contributed by atoms with Gasteiger partial charge in [0, 0.05) is 38.1 Å². The maximum Gasteiger partial charge on any atom is 0.257 e. The lowest BCUT2D eigenvalue weighted by atomic mass is 10.1. The van der Waals surface area contributed by atoms with E-state index in [2.05, 4.69) is 4.98 Å². The Labute approximate surface area is 153 Å². The second-order valence-corrected chi connectivity index (χ2v) is 6.60. The molecule has 26 heavy (non-hydrogen) atoms. The number of methoxy groups -OCH3 is 1. The van der Waals surface area contributed by atoms with Crippen LogP contribution in [0.5, 0.6) is 5.75 Å². The van der Waals surface area contributed by atoms with Gasteiger partial charge in [-0.1, -0.05) is 11.6 Å². The van der Waals surface area contributed by atoms with Crippen LogP contribution in [0, 0.1) is 6.92 Å². The van der Waals surface area contributed by atoms with E-state index in [4.69, 9.17) is 4.74 Å². The summed E-state index contributed by atoms with van der Waals surface area (Å²) in [5, 5.41) is 0. The average molecular weight is 355 g/mol. The fraction of sp³-hybridized carbons (Fsp3) is 0.400. The molecule has 1 fully saturated rings. The SMILES string of the molecule is COc1ccc(C)cc1C(=O)N1CCCN(C(=O)Cc2ccc[nH]2)CC1. The van der Waals surface area contributed by atoms with Gasteiger partial charge in [-0.15, -0.1) is 0 Å². The van der Waals surface area contributed by atoms with E-state index in [0.717, 1.165) is 17.7 Å². The number of benzene rings is 1. The minimum atomic E-state index is -0.0378. The smallest absolute Gasteiger partial charge is 0.257 e. The van der Waals surface area contributed by atoms with Crippen LogP contribution >= 0.6 is 0 Å². The summed E-state index contributed by atoms with van der Waals surface area (Å²) in [5.41, 5.74) is 2.52. The Morgan fingerprint density at radius 1 is 1.12 bits per heavy atom. The first-order valence-electron chi connectivity index (χ1n) is 8.92. The molecule has 1 aromatic heterocycles. The second kappa shape index (κ2) is 8.08. The van der Waals surface area contributed by atoms with Crippen LogP contribution in [0.1, 0.15) is 28.0 Å². The summed E-state index contributed by atoms with van der Waals surface area (Å²) >= 11 is 0. The molecule has 138 valence electrons. The first-order chi connectivity index (χ1) is 12.6. The first kappa shape index (κ1) is 18.0. The van der Waals surface area contributed by atoms with Crippen molar-refractivity contribution in [1.29, 1.82) is 0 Å². The lowest BCUT2D eigenvalue weighted by molar-refractivity contribution is -0.130. The molecule has 1 aromatic carbocycles. The van der Waals surface area contributed by atoms with E-state index in [1.165, 1.54) is 0 Å². The summed E-state index contributed by atoms with van der Waals surface area (Å²) in [5.74, 6) is 0.642. The highest BCUT2D eigenvalue weighted by Gasteiger charge is 2.24. The van der Waals surface area contributed by atoms with Gasteiger partial charge in [0.1, 0.15) is 5.75 Å². The molecule has 1 aliphatic rings. The molecule has 1 N–H and O–H groups in total. The molecule has 0 atom stereocenters. The third-order valence-electron chi connectivity index (χ3n) is 4.73. The van der Waals surface area contributed by atoms with Crippen LogP contribution in [-0.2, 0) is 11.2 Å². The number of hydrogen-bond acceptors (Lipinski definition) is 3. The number of hydrogen-bond donors (Lipinski definition) is 1. The van der Waals surface area contributed by atoms with Crippen molar-refractivity contribution in [2.75, 3.05) is 33.3 Å². The highest BCUT2D eigenvalue weighted by atomic mass is 16.5. The third kappa shape index (κ3) is 4.07. The standard InChI is InChI=1S/C20H25N3O3/c1-15-6-7-18(26-2)17(13-15)20(25)23-10-4-9-22(11-12-23)19(24)14-16-5-3-8-21-16/h3,5-8,13,21H,4,9-12,14H2,1-2H3. The van der Waals surface area contributed by atoms with E-state index < -0.39 is 0 Å². The number of carbonyl (C=O) groups is 2. The van der Waals surface area contributed by atoms with E-state index in [1.807, 2.05) is 53.3 Å². The van der Waals surface area contributed by atoms with Gasteiger partial charge in [0.2, 0.25) is 5.91 Å². The molecule has 2 amide bonds. The Hall–Kier alpha value is -2.76. The van der Waals surface area contributed by atoms with Crippen LogP contribution in [0.4, 0.5) is 0 Å². The predicted molar refractivity (Wildman–Crippen MR) is 99.3 cm³/mol. The van der Waals surface area contributed by atoms with E-state index in [0.29, 0.717) is 43.9 Å². The fourth-order valence-corrected chi connectivity index (χ4v) is 3.28. The predicted octanol–water partition coefficient (Wildman–Crippen LogP) is 2.25. The molecule has 0 aliphatic carbocycles. The number of ether oxygens (including phenoxy) is 1. The molecule has 3 rings (SSSR count). The van der Waals surface area contributed by atoms with E-state index >= 15 is 0 Å². The molecule has 2 heterocycles. The number of nitrogens with one attached hydrogen (secondary N) is 1. The van der Waals surface area contributed by atoms with Crippen LogP contribution < -0.4 is 4.74 Å². The first-order valence-corrected chi connectivity index (χ1v) is 8.92. The summed E-state index contributed by atoms with van der Waals surface area (Å²) in [4.78, 5) is 32.2. The van der Waals surface area contributed by atoms with Crippen molar-refractivity contribution in [3.63, 3.8) is 0 Å². The number of amides is 2. The van der Waals surface area contributed by atoms with Gasteiger partial charge >= 0.3 is 0 Å². The van der Waals surface area contributed by atoms with Crippen molar-refractivity contribution in [2.24, 2.45) is 0 Å². The van der Waals surface area contributed by atoms with Crippen LogP contribution in [0.15, 0.2) is 36.5 Å². The molecule has 0 saturated carbocycles. The topological polar surface area (TPSA) is 65.6 Å². The highest BCUT2D eigenvalue weighted by molar-refractivity contribution is 5.97. The number of aromatic amines is 1. The Balaban J connectivity index is 1.66. The second-order valence-electron chi connectivity index (χ2n) is 6.60. The number of rotatable bonds is 4. The van der Waals surface area contributed by atoms with Crippen LogP contribution in [0.25, 0.3) is 0 Å². The quantitative estimate of drug-likeness (QED) is 0.915. The van der Waals surface area contributed by atoms with Crippen molar-refractivity contribution in [2.45, 2.75) is 19.8 Å². The van der Waals surface area contributed by atoms with E-state index in [1.54, 1.807) is 7.11 Å². The minimum Gasteiger partial charge on any atom is -0.496 e.